The summed E-state index contributed by atoms with van der Waals surface area (Å²) >= 11 is 3.41. The third-order valence-corrected chi connectivity index (χ3v) is 20.8. The smallest absolute Gasteiger partial charge is 0.339 e. The molecular formula is C79H74O12S2. The van der Waals surface area contributed by atoms with Crippen molar-refractivity contribution < 1.29 is 58.0 Å². The van der Waals surface area contributed by atoms with Crippen LogP contribution in [0.5, 0.6) is 11.5 Å². The van der Waals surface area contributed by atoms with E-state index in [1.807, 2.05) is 19.1 Å². The summed E-state index contributed by atoms with van der Waals surface area (Å²) in [5.74, 6) is -2.30. The molecule has 2 aromatic heterocycles. The van der Waals surface area contributed by atoms with Crippen molar-refractivity contribution in [3.8, 4) is 86.6 Å². The van der Waals surface area contributed by atoms with E-state index in [2.05, 4.69) is 173 Å². The lowest BCUT2D eigenvalue weighted by Gasteiger charge is -2.35. The molecule has 0 unspecified atom stereocenters. The summed E-state index contributed by atoms with van der Waals surface area (Å²) in [4.78, 5) is 43.2. The summed E-state index contributed by atoms with van der Waals surface area (Å²) in [6, 6.07) is 63.0. The highest BCUT2D eigenvalue weighted by Crippen LogP contribution is 2.60. The maximum absolute atomic E-state index is 13.8. The SMILES string of the molecule is CCCOCCOCCOOc1ccc(C2(c3ccc(OCCOCCOCCOC)c(C(=O)O)c3)c3cc(-c4ccc(-c5ccc6c(c5)C(C)(C)c5ccccc5-6)s4)ccc3-c3ccc(-c4ccc(-c5ccc6c(c5)C(C)(C)c5ccccc5-6)s4)cc32)cc1C(=O)O. The fourth-order valence-electron chi connectivity index (χ4n) is 13.8. The number of hydrogen-bond donors (Lipinski definition) is 2. The summed E-state index contributed by atoms with van der Waals surface area (Å²) in [7, 11) is 1.62. The Hall–Kier alpha value is -8.54. The first-order valence-corrected chi connectivity index (χ1v) is 33.3. The van der Waals surface area contributed by atoms with E-state index in [-0.39, 0.29) is 59.9 Å². The third kappa shape index (κ3) is 11.9. The summed E-state index contributed by atoms with van der Waals surface area (Å²) in [5, 5.41) is 22.4. The van der Waals surface area contributed by atoms with Crippen LogP contribution in [0.15, 0.2) is 182 Å². The number of hydrogen-bond acceptors (Lipinski definition) is 12. The molecule has 0 bridgehead atoms. The third-order valence-electron chi connectivity index (χ3n) is 18.4. The first-order valence-electron chi connectivity index (χ1n) is 31.7. The highest BCUT2D eigenvalue weighted by molar-refractivity contribution is 7.19. The van der Waals surface area contributed by atoms with Crippen LogP contribution in [0.2, 0.25) is 0 Å². The van der Waals surface area contributed by atoms with Crippen LogP contribution in [-0.2, 0) is 44.8 Å². The molecule has 2 heterocycles. The lowest BCUT2D eigenvalue weighted by molar-refractivity contribution is -0.215. The number of methoxy groups -OCH3 is 1. The second-order valence-electron chi connectivity index (χ2n) is 24.7. The van der Waals surface area contributed by atoms with Gasteiger partial charge in [0.25, 0.3) is 0 Å². The molecule has 14 heteroatoms. The maximum atomic E-state index is 13.8. The van der Waals surface area contributed by atoms with E-state index in [1.54, 1.807) is 54.0 Å². The van der Waals surface area contributed by atoms with Crippen molar-refractivity contribution in [1.29, 1.82) is 0 Å². The molecule has 0 spiro atoms. The maximum Gasteiger partial charge on any atom is 0.339 e. The zero-order chi connectivity index (χ0) is 64.4. The summed E-state index contributed by atoms with van der Waals surface area (Å²) in [5.41, 5.74) is 17.1. The normalized spacial score (nSPS) is 14.0. The topological polar surface area (TPSA) is 148 Å². The number of rotatable bonds is 28. The number of carboxylic acid groups (broad SMARTS) is 2. The molecule has 0 saturated heterocycles. The van der Waals surface area contributed by atoms with E-state index in [4.69, 9.17) is 38.2 Å². The Labute approximate surface area is 550 Å². The Kier molecular flexibility index (Phi) is 18.2. The Morgan fingerprint density at radius 3 is 1.22 bits per heavy atom. The summed E-state index contributed by atoms with van der Waals surface area (Å²) < 4.78 is 33.9. The number of ether oxygens (including phenoxy) is 6. The van der Waals surface area contributed by atoms with Crippen LogP contribution in [0.1, 0.15) is 106 Å². The van der Waals surface area contributed by atoms with Gasteiger partial charge in [-0.1, -0.05) is 144 Å². The molecular weight excluding hydrogens is 1200 g/mol. The highest BCUT2D eigenvalue weighted by atomic mass is 32.1. The molecule has 2 N–H and O–H groups in total. The minimum absolute atomic E-state index is 0.0118. The van der Waals surface area contributed by atoms with E-state index in [1.165, 1.54) is 44.5 Å². The van der Waals surface area contributed by atoms with Gasteiger partial charge >= 0.3 is 11.9 Å². The van der Waals surface area contributed by atoms with Crippen molar-refractivity contribution in [3.05, 3.63) is 238 Å². The molecule has 0 aliphatic heterocycles. The zero-order valence-electron chi connectivity index (χ0n) is 53.1. The predicted octanol–water partition coefficient (Wildman–Crippen LogP) is 17.7. The van der Waals surface area contributed by atoms with Crippen LogP contribution in [-0.4, -0.2) is 102 Å². The zero-order valence-corrected chi connectivity index (χ0v) is 54.7. The Morgan fingerprint density at radius 1 is 0.387 bits per heavy atom. The first kappa shape index (κ1) is 63.2. The molecule has 3 aliphatic rings. The largest absolute Gasteiger partial charge is 0.490 e. The minimum Gasteiger partial charge on any atom is -0.490 e. The second-order valence-corrected chi connectivity index (χ2v) is 26.9. The van der Waals surface area contributed by atoms with Crippen molar-refractivity contribution in [1.82, 2.24) is 0 Å². The minimum atomic E-state index is -1.36. The van der Waals surface area contributed by atoms with Crippen molar-refractivity contribution in [3.63, 3.8) is 0 Å². The number of carbonyl (C=O) groups is 2. The van der Waals surface area contributed by atoms with Gasteiger partial charge in [-0.15, -0.1) is 22.7 Å². The number of benzene rings is 8. The molecule has 8 aromatic carbocycles. The lowest BCUT2D eigenvalue weighted by Crippen LogP contribution is -2.29. The summed E-state index contributed by atoms with van der Waals surface area (Å²) in [6.45, 7) is 14.8. The Balaban J connectivity index is 0.935. The molecule has 474 valence electrons. The van der Waals surface area contributed by atoms with E-state index in [0.717, 1.165) is 70.4 Å². The van der Waals surface area contributed by atoms with Crippen molar-refractivity contribution >= 4 is 34.6 Å². The molecule has 0 atom stereocenters. The Bertz CT molecular complexity index is 4160. The number of thiophene rings is 2. The van der Waals surface area contributed by atoms with Crippen LogP contribution in [0, 0.1) is 0 Å². The summed E-state index contributed by atoms with van der Waals surface area (Å²) in [6.07, 6.45) is 0.905. The molecule has 0 radical (unpaired) electrons. The van der Waals surface area contributed by atoms with Gasteiger partial charge < -0.3 is 43.5 Å². The molecule has 0 amide bonds. The average molecular weight is 1280 g/mol. The second kappa shape index (κ2) is 26.8. The van der Waals surface area contributed by atoms with Crippen LogP contribution < -0.4 is 9.62 Å². The van der Waals surface area contributed by atoms with E-state index < -0.39 is 17.4 Å². The molecule has 13 rings (SSSR count). The van der Waals surface area contributed by atoms with Gasteiger partial charge in [-0.25, -0.2) is 9.59 Å². The van der Waals surface area contributed by atoms with E-state index in [9.17, 15) is 19.8 Å². The van der Waals surface area contributed by atoms with Crippen LogP contribution in [0.4, 0.5) is 0 Å². The van der Waals surface area contributed by atoms with Crippen molar-refractivity contribution in [2.24, 2.45) is 0 Å². The van der Waals surface area contributed by atoms with Gasteiger partial charge in [0.15, 0.2) is 5.75 Å². The van der Waals surface area contributed by atoms with E-state index >= 15 is 0 Å². The molecule has 93 heavy (non-hydrogen) atoms. The van der Waals surface area contributed by atoms with Crippen LogP contribution in [0.25, 0.3) is 75.1 Å². The van der Waals surface area contributed by atoms with Gasteiger partial charge in [0.2, 0.25) is 0 Å². The highest BCUT2D eigenvalue weighted by Gasteiger charge is 2.48. The lowest BCUT2D eigenvalue weighted by atomic mass is 9.66. The Morgan fingerprint density at radius 2 is 0.763 bits per heavy atom. The first-order chi connectivity index (χ1) is 45.2. The molecule has 0 fully saturated rings. The van der Waals surface area contributed by atoms with E-state index in [0.29, 0.717) is 57.4 Å². The van der Waals surface area contributed by atoms with Crippen LogP contribution >= 0.6 is 22.7 Å². The van der Waals surface area contributed by atoms with Crippen LogP contribution in [0.3, 0.4) is 0 Å². The van der Waals surface area contributed by atoms with Gasteiger partial charge in [0.05, 0.1) is 58.3 Å². The molecule has 10 aromatic rings. The van der Waals surface area contributed by atoms with Gasteiger partial charge in [-0.3, -0.25) is 0 Å². The van der Waals surface area contributed by atoms with Gasteiger partial charge in [-0.05, 0) is 179 Å². The quantitative estimate of drug-likeness (QED) is 0.0273. The van der Waals surface area contributed by atoms with Gasteiger partial charge in [0.1, 0.15) is 30.1 Å². The molecule has 0 saturated carbocycles. The number of carboxylic acids is 2. The van der Waals surface area contributed by atoms with Crippen molar-refractivity contribution in [2.75, 3.05) is 79.8 Å². The number of aromatic carboxylic acids is 2. The fourth-order valence-corrected chi connectivity index (χ4v) is 15.8. The average Bonchev–Trinajstić information content (AvgIpc) is 1.57. The fraction of sp³-hybridized carbons (Fsp3) is 0.266. The monoisotopic (exact) mass is 1280 g/mol. The van der Waals surface area contributed by atoms with Gasteiger partial charge in [-0.2, -0.15) is 4.89 Å². The molecule has 3 aliphatic carbocycles. The van der Waals surface area contributed by atoms with Gasteiger partial charge in [0, 0.05) is 44.1 Å². The predicted molar refractivity (Wildman–Crippen MR) is 368 cm³/mol. The standard InChI is InChI=1S/C79H74O12S2/c1-7-32-85-35-36-88-40-42-90-91-70-27-21-54(48-62(70)76(82)83)79(53-20-26-69(61(47-53)75(80)81)89-41-39-87-38-37-86-34-33-84-6)67-45-51(73-30-28-71(92-73)49-16-22-57-55-12-8-10-14-63(55)77(2,3)65(57)43-49)18-24-59(67)60-25-19-52(46-68(60)79)74-31-29-72(93-74)50-17-23-58-56-13-9-11-15-64(56)78(4,5)66(58)44-50/h8-31,43-48H,7,32-42H2,1-6H3,(H,80,81)(H,82,83). The number of fused-ring (bicyclic) bond motifs is 9. The molecule has 12 nitrogen and oxygen atoms in total. The van der Waals surface area contributed by atoms with Crippen molar-refractivity contribution in [2.45, 2.75) is 57.3 Å².